The van der Waals surface area contributed by atoms with Crippen LogP contribution >= 0.6 is 0 Å². The average Bonchev–Trinajstić information content (AvgIpc) is 3.16. The predicted octanol–water partition coefficient (Wildman–Crippen LogP) is 0.431. The summed E-state index contributed by atoms with van der Waals surface area (Å²) in [7, 11) is 0. The second kappa shape index (κ2) is 6.27. The van der Waals surface area contributed by atoms with E-state index in [1.165, 1.54) is 5.69 Å². The molecule has 1 fully saturated rings. The molecular formula is C14H21N7O. The Labute approximate surface area is 128 Å². The lowest BCUT2D eigenvalue weighted by molar-refractivity contribution is 0.0988. The lowest BCUT2D eigenvalue weighted by atomic mass is 10.1. The molecule has 1 aliphatic rings. The first-order valence-electron chi connectivity index (χ1n) is 7.61. The first kappa shape index (κ1) is 14.7. The number of nitrogens with two attached hydrogens (primary N) is 1. The van der Waals surface area contributed by atoms with Gasteiger partial charge in [-0.2, -0.15) is 5.10 Å². The van der Waals surface area contributed by atoms with Gasteiger partial charge in [-0.3, -0.25) is 14.4 Å². The summed E-state index contributed by atoms with van der Waals surface area (Å²) in [6.45, 7) is 5.79. The van der Waals surface area contributed by atoms with Gasteiger partial charge in [0.1, 0.15) is 6.33 Å². The third-order valence-electron chi connectivity index (χ3n) is 4.07. The number of likely N-dealkylation sites (tertiary alicyclic amines) is 1. The molecule has 0 radical (unpaired) electrons. The van der Waals surface area contributed by atoms with Crippen LogP contribution in [0.5, 0.6) is 0 Å². The lowest BCUT2D eigenvalue weighted by Crippen LogP contribution is -2.37. The van der Waals surface area contributed by atoms with E-state index >= 15 is 0 Å². The van der Waals surface area contributed by atoms with Crippen molar-refractivity contribution in [2.75, 3.05) is 13.1 Å². The summed E-state index contributed by atoms with van der Waals surface area (Å²) >= 11 is 0. The van der Waals surface area contributed by atoms with Gasteiger partial charge in [-0.15, -0.1) is 5.10 Å². The maximum absolute atomic E-state index is 11.1. The quantitative estimate of drug-likeness (QED) is 0.864. The predicted molar refractivity (Wildman–Crippen MR) is 80.0 cm³/mol. The van der Waals surface area contributed by atoms with Gasteiger partial charge in [0.05, 0.1) is 11.7 Å². The van der Waals surface area contributed by atoms with Crippen LogP contribution in [-0.2, 0) is 13.1 Å². The van der Waals surface area contributed by atoms with E-state index < -0.39 is 5.91 Å². The molecule has 118 valence electrons. The molecule has 0 aliphatic carbocycles. The molecule has 1 amide bonds. The van der Waals surface area contributed by atoms with Crippen LogP contribution in [0.2, 0.25) is 0 Å². The summed E-state index contributed by atoms with van der Waals surface area (Å²) in [4.78, 5) is 17.5. The fourth-order valence-electron chi connectivity index (χ4n) is 2.96. The molecule has 1 aliphatic heterocycles. The van der Waals surface area contributed by atoms with Crippen molar-refractivity contribution in [1.29, 1.82) is 0 Å². The SMILES string of the molecule is CCn1nccc1CN1CCC[C@@H](n2cnc(C(N)=O)n2)C1. The van der Waals surface area contributed by atoms with Crippen LogP contribution in [0.1, 0.15) is 42.1 Å². The van der Waals surface area contributed by atoms with Crippen molar-refractivity contribution in [3.8, 4) is 0 Å². The zero-order valence-corrected chi connectivity index (χ0v) is 12.7. The van der Waals surface area contributed by atoms with Gasteiger partial charge in [0.2, 0.25) is 5.82 Å². The van der Waals surface area contributed by atoms with Crippen molar-refractivity contribution in [2.45, 2.75) is 38.9 Å². The van der Waals surface area contributed by atoms with Gasteiger partial charge in [-0.05, 0) is 32.4 Å². The van der Waals surface area contributed by atoms with Gasteiger partial charge in [-0.25, -0.2) is 9.67 Å². The molecule has 3 rings (SSSR count). The minimum Gasteiger partial charge on any atom is -0.363 e. The molecule has 1 atom stereocenters. The Morgan fingerprint density at radius 2 is 2.36 bits per heavy atom. The maximum Gasteiger partial charge on any atom is 0.288 e. The minimum absolute atomic E-state index is 0.0844. The summed E-state index contributed by atoms with van der Waals surface area (Å²) in [5.41, 5.74) is 6.43. The Hall–Kier alpha value is -2.22. The zero-order chi connectivity index (χ0) is 15.5. The number of carbonyl (C=O) groups is 1. The van der Waals surface area contributed by atoms with E-state index in [0.29, 0.717) is 0 Å². The van der Waals surface area contributed by atoms with Crippen molar-refractivity contribution in [2.24, 2.45) is 5.73 Å². The number of hydrogen-bond acceptors (Lipinski definition) is 5. The smallest absolute Gasteiger partial charge is 0.288 e. The van der Waals surface area contributed by atoms with Crippen LogP contribution in [0.25, 0.3) is 0 Å². The number of carbonyl (C=O) groups excluding carboxylic acids is 1. The topological polar surface area (TPSA) is 94.9 Å². The van der Waals surface area contributed by atoms with Gasteiger partial charge >= 0.3 is 0 Å². The second-order valence-corrected chi connectivity index (χ2v) is 5.58. The standard InChI is InChI=1S/C14H21N7O/c1-2-20-12(5-6-17-20)9-19-7-3-4-11(8-19)21-10-16-14(18-21)13(15)22/h5-6,10-11H,2-4,7-9H2,1H3,(H2,15,22)/t11-/m1/s1. The number of aryl methyl sites for hydroxylation is 1. The van der Waals surface area contributed by atoms with Gasteiger partial charge in [0, 0.05) is 25.8 Å². The van der Waals surface area contributed by atoms with Crippen LogP contribution < -0.4 is 5.73 Å². The van der Waals surface area contributed by atoms with E-state index in [2.05, 4.69) is 33.1 Å². The van der Waals surface area contributed by atoms with E-state index in [1.54, 1.807) is 11.0 Å². The Morgan fingerprint density at radius 1 is 1.50 bits per heavy atom. The molecule has 2 N–H and O–H groups in total. The van der Waals surface area contributed by atoms with E-state index in [1.807, 2.05) is 10.9 Å². The molecule has 0 spiro atoms. The van der Waals surface area contributed by atoms with Crippen LogP contribution in [0.15, 0.2) is 18.6 Å². The maximum atomic E-state index is 11.1. The third kappa shape index (κ3) is 3.01. The normalized spacial score (nSPS) is 19.4. The van der Waals surface area contributed by atoms with Crippen molar-refractivity contribution in [3.05, 3.63) is 30.1 Å². The first-order chi connectivity index (χ1) is 10.7. The molecule has 2 aromatic rings. The number of primary amides is 1. The Morgan fingerprint density at radius 3 is 3.09 bits per heavy atom. The molecule has 3 heterocycles. The van der Waals surface area contributed by atoms with Crippen molar-refractivity contribution >= 4 is 5.91 Å². The van der Waals surface area contributed by atoms with Crippen LogP contribution in [0.3, 0.4) is 0 Å². The number of piperidine rings is 1. The number of nitrogens with zero attached hydrogens (tertiary/aromatic N) is 6. The highest BCUT2D eigenvalue weighted by molar-refractivity contribution is 5.88. The Kier molecular flexibility index (Phi) is 4.19. The highest BCUT2D eigenvalue weighted by Crippen LogP contribution is 2.22. The van der Waals surface area contributed by atoms with E-state index in [9.17, 15) is 4.79 Å². The molecule has 0 bridgehead atoms. The van der Waals surface area contributed by atoms with E-state index in [0.717, 1.165) is 39.0 Å². The van der Waals surface area contributed by atoms with Gasteiger partial charge < -0.3 is 5.73 Å². The molecule has 0 aromatic carbocycles. The van der Waals surface area contributed by atoms with Gasteiger partial charge in [0.25, 0.3) is 5.91 Å². The molecule has 1 saturated heterocycles. The number of hydrogen-bond donors (Lipinski definition) is 1. The summed E-state index contributed by atoms with van der Waals surface area (Å²) in [5.74, 6) is -0.501. The molecule has 8 heteroatoms. The van der Waals surface area contributed by atoms with Crippen LogP contribution in [-0.4, -0.2) is 48.4 Å². The monoisotopic (exact) mass is 303 g/mol. The van der Waals surface area contributed by atoms with Crippen LogP contribution in [0, 0.1) is 0 Å². The molecule has 0 unspecified atom stereocenters. The van der Waals surface area contributed by atoms with Crippen molar-refractivity contribution in [3.63, 3.8) is 0 Å². The fourth-order valence-corrected chi connectivity index (χ4v) is 2.96. The third-order valence-corrected chi connectivity index (χ3v) is 4.07. The average molecular weight is 303 g/mol. The minimum atomic E-state index is -0.585. The Balaban J connectivity index is 1.67. The molecule has 8 nitrogen and oxygen atoms in total. The van der Waals surface area contributed by atoms with Gasteiger partial charge in [0.15, 0.2) is 0 Å². The zero-order valence-electron chi connectivity index (χ0n) is 12.7. The highest BCUT2D eigenvalue weighted by atomic mass is 16.1. The van der Waals surface area contributed by atoms with Crippen molar-refractivity contribution in [1.82, 2.24) is 29.4 Å². The van der Waals surface area contributed by atoms with Gasteiger partial charge in [-0.1, -0.05) is 0 Å². The van der Waals surface area contributed by atoms with Crippen molar-refractivity contribution < 1.29 is 4.79 Å². The number of rotatable bonds is 5. The summed E-state index contributed by atoms with van der Waals surface area (Å²) < 4.78 is 3.79. The Bertz CT molecular complexity index is 647. The molecule has 22 heavy (non-hydrogen) atoms. The summed E-state index contributed by atoms with van der Waals surface area (Å²) in [6, 6.07) is 2.29. The second-order valence-electron chi connectivity index (χ2n) is 5.58. The number of amides is 1. The molecule has 2 aromatic heterocycles. The largest absolute Gasteiger partial charge is 0.363 e. The summed E-state index contributed by atoms with van der Waals surface area (Å²) in [6.07, 6.45) is 5.57. The summed E-state index contributed by atoms with van der Waals surface area (Å²) in [5, 5.41) is 8.50. The molecular weight excluding hydrogens is 282 g/mol. The highest BCUT2D eigenvalue weighted by Gasteiger charge is 2.23. The van der Waals surface area contributed by atoms with E-state index in [4.69, 9.17) is 5.73 Å². The van der Waals surface area contributed by atoms with Crippen LogP contribution in [0.4, 0.5) is 0 Å². The fraction of sp³-hybridized carbons (Fsp3) is 0.571. The molecule has 0 saturated carbocycles. The first-order valence-corrected chi connectivity index (χ1v) is 7.61. The van der Waals surface area contributed by atoms with E-state index in [-0.39, 0.29) is 11.9 Å². The lowest BCUT2D eigenvalue weighted by Gasteiger charge is -2.32. The number of aromatic nitrogens is 5.